The van der Waals surface area contributed by atoms with Gasteiger partial charge in [0.15, 0.2) is 0 Å². The van der Waals surface area contributed by atoms with Gasteiger partial charge in [-0.25, -0.2) is 4.79 Å². The summed E-state index contributed by atoms with van der Waals surface area (Å²) in [6.07, 6.45) is -0.146. The number of piperazine rings is 1. The lowest BCUT2D eigenvalue weighted by atomic mass is 10.1. The van der Waals surface area contributed by atoms with Crippen molar-refractivity contribution in [2.24, 2.45) is 0 Å². The van der Waals surface area contributed by atoms with Crippen molar-refractivity contribution in [3.8, 4) is 0 Å². The van der Waals surface area contributed by atoms with Crippen molar-refractivity contribution < 1.29 is 24.3 Å². The minimum absolute atomic E-state index is 0.0386. The second-order valence-electron chi connectivity index (χ2n) is 8.06. The molecule has 4 rings (SSSR count). The molecule has 32 heavy (non-hydrogen) atoms. The van der Waals surface area contributed by atoms with E-state index in [0.717, 1.165) is 24.5 Å². The topological polar surface area (TPSA) is 98.2 Å². The number of carboxylic acids is 1. The van der Waals surface area contributed by atoms with E-state index in [1.165, 1.54) is 17.7 Å². The number of benzene rings is 2. The van der Waals surface area contributed by atoms with E-state index in [2.05, 4.69) is 17.0 Å². The fourth-order valence-electron chi connectivity index (χ4n) is 4.27. The molecule has 2 aromatic carbocycles. The molecule has 8 heteroatoms. The molecule has 0 spiro atoms. The van der Waals surface area contributed by atoms with E-state index >= 15 is 0 Å². The zero-order valence-corrected chi connectivity index (χ0v) is 17.6. The SMILES string of the molecule is O=C(O)[C@H](CCC(=O)N1CCN(Cc2ccccc2)CC1)N1C(=O)c2ccccc2C1=O. The minimum atomic E-state index is -1.37. The van der Waals surface area contributed by atoms with Crippen LogP contribution in [-0.2, 0) is 16.1 Å². The number of amides is 3. The summed E-state index contributed by atoms with van der Waals surface area (Å²) in [5, 5.41) is 9.67. The van der Waals surface area contributed by atoms with E-state index in [1.807, 2.05) is 18.2 Å². The summed E-state index contributed by atoms with van der Waals surface area (Å²) >= 11 is 0. The molecule has 1 N–H and O–H groups in total. The van der Waals surface area contributed by atoms with Crippen LogP contribution < -0.4 is 0 Å². The lowest BCUT2D eigenvalue weighted by molar-refractivity contribution is -0.142. The molecule has 2 aromatic rings. The highest BCUT2D eigenvalue weighted by atomic mass is 16.4. The first kappa shape index (κ1) is 21.7. The lowest BCUT2D eigenvalue weighted by Gasteiger charge is -2.35. The van der Waals surface area contributed by atoms with Gasteiger partial charge in [-0.3, -0.25) is 24.2 Å². The Labute approximate surface area is 186 Å². The first-order chi connectivity index (χ1) is 15.5. The van der Waals surface area contributed by atoms with Crippen LogP contribution in [0.1, 0.15) is 39.1 Å². The van der Waals surface area contributed by atoms with Gasteiger partial charge in [0.25, 0.3) is 11.8 Å². The molecular weight excluding hydrogens is 410 g/mol. The lowest BCUT2D eigenvalue weighted by Crippen LogP contribution is -2.49. The molecule has 2 heterocycles. The van der Waals surface area contributed by atoms with Crippen molar-refractivity contribution in [1.82, 2.24) is 14.7 Å². The van der Waals surface area contributed by atoms with Crippen molar-refractivity contribution in [3.05, 3.63) is 71.3 Å². The first-order valence-corrected chi connectivity index (χ1v) is 10.7. The Morgan fingerprint density at radius 2 is 1.41 bits per heavy atom. The van der Waals surface area contributed by atoms with Gasteiger partial charge in [0.1, 0.15) is 6.04 Å². The van der Waals surface area contributed by atoms with Crippen LogP contribution in [0.3, 0.4) is 0 Å². The van der Waals surface area contributed by atoms with Crippen molar-refractivity contribution >= 4 is 23.7 Å². The summed E-state index contributed by atoms with van der Waals surface area (Å²) < 4.78 is 0. The standard InChI is InChI=1S/C24H25N3O5/c28-21(26-14-12-25(13-15-26)16-17-6-2-1-3-7-17)11-10-20(24(31)32)27-22(29)18-8-4-5-9-19(18)23(27)30/h1-9,20H,10-16H2,(H,31,32)/t20-/m0/s1. The van der Waals surface area contributed by atoms with Gasteiger partial charge in [-0.2, -0.15) is 0 Å². The maximum Gasteiger partial charge on any atom is 0.326 e. The average molecular weight is 435 g/mol. The van der Waals surface area contributed by atoms with Crippen molar-refractivity contribution in [2.75, 3.05) is 26.2 Å². The number of fused-ring (bicyclic) bond motifs is 1. The van der Waals surface area contributed by atoms with Gasteiger partial charge in [-0.1, -0.05) is 42.5 Å². The van der Waals surface area contributed by atoms with Crippen molar-refractivity contribution in [3.63, 3.8) is 0 Å². The quantitative estimate of drug-likeness (QED) is 0.667. The Morgan fingerprint density at radius 3 is 1.97 bits per heavy atom. The molecule has 166 valence electrons. The molecule has 3 amide bonds. The summed E-state index contributed by atoms with van der Waals surface area (Å²) in [4.78, 5) is 54.6. The van der Waals surface area contributed by atoms with Crippen LogP contribution >= 0.6 is 0 Å². The molecular formula is C24H25N3O5. The molecule has 8 nitrogen and oxygen atoms in total. The predicted molar refractivity (Wildman–Crippen MR) is 116 cm³/mol. The molecule has 0 bridgehead atoms. The maximum atomic E-state index is 12.7. The average Bonchev–Trinajstić information content (AvgIpc) is 3.05. The molecule has 0 radical (unpaired) electrons. The van der Waals surface area contributed by atoms with E-state index < -0.39 is 23.8 Å². The van der Waals surface area contributed by atoms with Gasteiger partial charge >= 0.3 is 5.97 Å². The number of aliphatic carboxylic acids is 1. The summed E-state index contributed by atoms with van der Waals surface area (Å²) in [5.74, 6) is -2.70. The second-order valence-corrected chi connectivity index (χ2v) is 8.06. The van der Waals surface area contributed by atoms with Gasteiger partial charge < -0.3 is 10.0 Å². The molecule has 0 unspecified atom stereocenters. The summed E-state index contributed by atoms with van der Waals surface area (Å²) in [5.41, 5.74) is 1.62. The van der Waals surface area contributed by atoms with Crippen LogP contribution in [0.25, 0.3) is 0 Å². The summed E-state index contributed by atoms with van der Waals surface area (Å²) in [6.45, 7) is 3.43. The molecule has 2 aliphatic rings. The number of carbonyl (C=O) groups is 4. The molecule has 2 aliphatic heterocycles. The van der Waals surface area contributed by atoms with Gasteiger partial charge in [0.2, 0.25) is 5.91 Å². The number of hydrogen-bond acceptors (Lipinski definition) is 5. The van der Waals surface area contributed by atoms with E-state index in [9.17, 15) is 24.3 Å². The van der Waals surface area contributed by atoms with Crippen LogP contribution in [0, 0.1) is 0 Å². The molecule has 0 aromatic heterocycles. The van der Waals surface area contributed by atoms with Crippen molar-refractivity contribution in [2.45, 2.75) is 25.4 Å². The first-order valence-electron chi connectivity index (χ1n) is 10.7. The van der Waals surface area contributed by atoms with Crippen LogP contribution in [-0.4, -0.2) is 75.7 Å². The van der Waals surface area contributed by atoms with Crippen LogP contribution in [0.5, 0.6) is 0 Å². The van der Waals surface area contributed by atoms with Gasteiger partial charge in [0, 0.05) is 39.1 Å². The van der Waals surface area contributed by atoms with Crippen LogP contribution in [0.15, 0.2) is 54.6 Å². The number of carboxylic acid groups (broad SMARTS) is 1. The van der Waals surface area contributed by atoms with Crippen LogP contribution in [0.2, 0.25) is 0 Å². The zero-order chi connectivity index (χ0) is 22.7. The van der Waals surface area contributed by atoms with Gasteiger partial charge in [0.05, 0.1) is 11.1 Å². The Kier molecular flexibility index (Phi) is 6.32. The Morgan fingerprint density at radius 1 is 0.844 bits per heavy atom. The second kappa shape index (κ2) is 9.32. The van der Waals surface area contributed by atoms with Crippen molar-refractivity contribution in [1.29, 1.82) is 0 Å². The number of carbonyl (C=O) groups excluding carboxylic acids is 3. The molecule has 1 atom stereocenters. The molecule has 0 saturated carbocycles. The molecule has 0 aliphatic carbocycles. The zero-order valence-electron chi connectivity index (χ0n) is 17.6. The smallest absolute Gasteiger partial charge is 0.326 e. The Hall–Kier alpha value is -3.52. The van der Waals surface area contributed by atoms with E-state index in [4.69, 9.17) is 0 Å². The summed E-state index contributed by atoms with van der Waals surface area (Å²) in [7, 11) is 0. The third-order valence-corrected chi connectivity index (χ3v) is 6.03. The molecule has 1 saturated heterocycles. The fraction of sp³-hybridized carbons (Fsp3) is 0.333. The maximum absolute atomic E-state index is 12.7. The van der Waals surface area contributed by atoms with Crippen LogP contribution in [0.4, 0.5) is 0 Å². The fourth-order valence-corrected chi connectivity index (χ4v) is 4.27. The third kappa shape index (κ3) is 4.40. The highest BCUT2D eigenvalue weighted by molar-refractivity contribution is 6.22. The largest absolute Gasteiger partial charge is 0.480 e. The number of hydrogen-bond donors (Lipinski definition) is 1. The monoisotopic (exact) mass is 435 g/mol. The Balaban J connectivity index is 1.32. The number of imide groups is 1. The van der Waals surface area contributed by atoms with Gasteiger partial charge in [-0.05, 0) is 24.1 Å². The molecule has 1 fully saturated rings. The number of nitrogens with zero attached hydrogens (tertiary/aromatic N) is 3. The minimum Gasteiger partial charge on any atom is -0.480 e. The van der Waals surface area contributed by atoms with E-state index in [0.29, 0.717) is 13.1 Å². The summed E-state index contributed by atoms with van der Waals surface area (Å²) in [6, 6.07) is 15.0. The van der Waals surface area contributed by atoms with Gasteiger partial charge in [-0.15, -0.1) is 0 Å². The van der Waals surface area contributed by atoms with E-state index in [1.54, 1.807) is 17.0 Å². The number of rotatable bonds is 7. The predicted octanol–water partition coefficient (Wildman–Crippen LogP) is 1.86. The highest BCUT2D eigenvalue weighted by Crippen LogP contribution is 2.26. The van der Waals surface area contributed by atoms with E-state index in [-0.39, 0.29) is 29.9 Å². The Bertz CT molecular complexity index is 996. The highest BCUT2D eigenvalue weighted by Gasteiger charge is 2.42. The third-order valence-electron chi connectivity index (χ3n) is 6.03. The normalized spacial score (nSPS) is 17.4.